The van der Waals surface area contributed by atoms with Crippen LogP contribution in [-0.2, 0) is 20.9 Å². The van der Waals surface area contributed by atoms with E-state index in [1.165, 1.54) is 0 Å². The van der Waals surface area contributed by atoms with Gasteiger partial charge in [0, 0.05) is 42.5 Å². The van der Waals surface area contributed by atoms with Crippen molar-refractivity contribution >= 4 is 50.7 Å². The molecular weight excluding hydrogens is 495 g/mol. The fourth-order valence-corrected chi connectivity index (χ4v) is 5.21. The molecule has 34 heavy (non-hydrogen) atoms. The molecule has 0 radical (unpaired) electrons. The highest BCUT2D eigenvalue weighted by Crippen LogP contribution is 2.36. The predicted molar refractivity (Wildman–Crippen MR) is 119 cm³/mol. The summed E-state index contributed by atoms with van der Waals surface area (Å²) in [6, 6.07) is 2.02. The number of carbonyl (C=O) groups is 2. The van der Waals surface area contributed by atoms with Gasteiger partial charge < -0.3 is 19.6 Å². The number of carboxylic acids is 1. The molecule has 5 heterocycles. The standard InChI is InChI=1S/C18H19N5O2S2.C2HF3O2/c24-16-5-18(10-23(16)8-13-6-19-12-27-13)9-22(2-3-25-11-18)17-20-7-15-14(21-17)1-4-26-15;3-2(4,5)1(6)7/h1,4,6-7,12H,2-3,5,8-11H2;(H,6,7). The molecule has 2 aliphatic heterocycles. The highest BCUT2D eigenvalue weighted by molar-refractivity contribution is 7.17. The number of halogens is 3. The van der Waals surface area contributed by atoms with Gasteiger partial charge in [0.2, 0.25) is 11.9 Å². The van der Waals surface area contributed by atoms with Gasteiger partial charge in [0.05, 0.1) is 41.7 Å². The Bertz CT molecular complexity index is 1160. The van der Waals surface area contributed by atoms with Crippen LogP contribution >= 0.6 is 22.7 Å². The van der Waals surface area contributed by atoms with Crippen molar-refractivity contribution in [1.29, 1.82) is 0 Å². The average Bonchev–Trinajstić information content (AvgIpc) is 3.48. The normalized spacial score (nSPS) is 21.0. The van der Waals surface area contributed by atoms with Crippen LogP contribution in [0.5, 0.6) is 0 Å². The lowest BCUT2D eigenvalue weighted by atomic mass is 9.87. The number of alkyl halides is 3. The number of fused-ring (bicyclic) bond motifs is 1. The van der Waals surface area contributed by atoms with E-state index in [1.54, 1.807) is 28.2 Å². The summed E-state index contributed by atoms with van der Waals surface area (Å²) in [5.41, 5.74) is 2.56. The van der Waals surface area contributed by atoms with Crippen LogP contribution in [0.4, 0.5) is 19.1 Å². The Labute approximate surface area is 199 Å². The molecule has 1 atom stereocenters. The molecule has 1 amide bonds. The summed E-state index contributed by atoms with van der Waals surface area (Å²) in [5, 5.41) is 9.16. The van der Waals surface area contributed by atoms with E-state index >= 15 is 0 Å². The van der Waals surface area contributed by atoms with E-state index in [1.807, 2.05) is 28.7 Å². The maximum absolute atomic E-state index is 12.7. The number of ether oxygens (including phenoxy) is 1. The van der Waals surface area contributed by atoms with E-state index in [4.69, 9.17) is 19.6 Å². The van der Waals surface area contributed by atoms with Crippen molar-refractivity contribution in [3.05, 3.63) is 34.2 Å². The number of amides is 1. The summed E-state index contributed by atoms with van der Waals surface area (Å²) >= 11 is 3.23. The monoisotopic (exact) mass is 515 g/mol. The van der Waals surface area contributed by atoms with Gasteiger partial charge in [-0.25, -0.2) is 14.8 Å². The lowest BCUT2D eigenvalue weighted by molar-refractivity contribution is -0.192. The SMILES string of the molecule is O=C(O)C(F)(F)F.O=C1CC2(COCCN(c3ncc4sccc4n3)C2)CN1Cc1cncs1. The molecule has 2 fully saturated rings. The topological polar surface area (TPSA) is 109 Å². The highest BCUT2D eigenvalue weighted by atomic mass is 32.1. The van der Waals surface area contributed by atoms with E-state index in [-0.39, 0.29) is 11.3 Å². The van der Waals surface area contributed by atoms with Crippen LogP contribution in [0.25, 0.3) is 10.2 Å². The Balaban J connectivity index is 0.000000344. The van der Waals surface area contributed by atoms with Gasteiger partial charge in [0.25, 0.3) is 0 Å². The van der Waals surface area contributed by atoms with E-state index in [0.717, 1.165) is 34.1 Å². The molecule has 3 aromatic heterocycles. The van der Waals surface area contributed by atoms with Crippen LogP contribution in [0.15, 0.2) is 29.4 Å². The summed E-state index contributed by atoms with van der Waals surface area (Å²) in [5.74, 6) is -1.85. The van der Waals surface area contributed by atoms with Crippen LogP contribution in [0.1, 0.15) is 11.3 Å². The third-order valence-electron chi connectivity index (χ3n) is 5.39. The first kappa shape index (κ1) is 24.3. The van der Waals surface area contributed by atoms with Gasteiger partial charge >= 0.3 is 12.1 Å². The van der Waals surface area contributed by atoms with E-state index in [9.17, 15) is 18.0 Å². The zero-order valence-electron chi connectivity index (χ0n) is 17.7. The summed E-state index contributed by atoms with van der Waals surface area (Å²) < 4.78 is 38.7. The number of aliphatic carboxylic acids is 1. The molecular formula is C20H20F3N5O4S2. The first-order valence-corrected chi connectivity index (χ1v) is 11.9. The van der Waals surface area contributed by atoms with Crippen LogP contribution in [-0.4, -0.2) is 75.9 Å². The zero-order chi connectivity index (χ0) is 24.3. The minimum atomic E-state index is -5.08. The predicted octanol–water partition coefficient (Wildman–Crippen LogP) is 3.04. The minimum Gasteiger partial charge on any atom is -0.475 e. The molecule has 0 aromatic carbocycles. The Morgan fingerprint density at radius 2 is 2.06 bits per heavy atom. The van der Waals surface area contributed by atoms with Crippen LogP contribution < -0.4 is 4.90 Å². The number of thiophene rings is 1. The number of hydrogen-bond acceptors (Lipinski definition) is 9. The Morgan fingerprint density at radius 1 is 1.26 bits per heavy atom. The van der Waals surface area contributed by atoms with Crippen LogP contribution in [0, 0.1) is 5.41 Å². The quantitative estimate of drug-likeness (QED) is 0.567. The lowest BCUT2D eigenvalue weighted by Crippen LogP contribution is -2.41. The summed E-state index contributed by atoms with van der Waals surface area (Å²) in [7, 11) is 0. The molecule has 0 bridgehead atoms. The summed E-state index contributed by atoms with van der Waals surface area (Å²) in [6.45, 7) is 4.00. The van der Waals surface area contributed by atoms with Crippen molar-refractivity contribution in [1.82, 2.24) is 19.9 Å². The number of carbonyl (C=O) groups excluding carboxylic acids is 1. The fourth-order valence-electron chi connectivity index (χ4n) is 3.91. The van der Waals surface area contributed by atoms with Gasteiger partial charge in [0.15, 0.2) is 0 Å². The number of likely N-dealkylation sites (tertiary alicyclic amines) is 1. The number of nitrogens with zero attached hydrogens (tertiary/aromatic N) is 5. The van der Waals surface area contributed by atoms with Gasteiger partial charge in [-0.05, 0) is 11.4 Å². The third-order valence-corrected chi connectivity index (χ3v) is 7.00. The maximum atomic E-state index is 12.7. The lowest BCUT2D eigenvalue weighted by Gasteiger charge is -2.31. The van der Waals surface area contributed by atoms with E-state index < -0.39 is 12.1 Å². The maximum Gasteiger partial charge on any atom is 0.490 e. The third kappa shape index (κ3) is 5.62. The molecule has 0 saturated carbocycles. The Hall–Kier alpha value is -2.84. The second kappa shape index (κ2) is 9.80. The highest BCUT2D eigenvalue weighted by Gasteiger charge is 2.46. The molecule has 1 N–H and O–H groups in total. The van der Waals surface area contributed by atoms with Crippen molar-refractivity contribution in [2.45, 2.75) is 19.1 Å². The van der Waals surface area contributed by atoms with E-state index in [0.29, 0.717) is 32.7 Å². The largest absolute Gasteiger partial charge is 0.490 e. The van der Waals surface area contributed by atoms with Gasteiger partial charge in [-0.2, -0.15) is 13.2 Å². The number of rotatable bonds is 3. The van der Waals surface area contributed by atoms with Crippen molar-refractivity contribution < 1.29 is 32.6 Å². The van der Waals surface area contributed by atoms with Crippen molar-refractivity contribution in [3.63, 3.8) is 0 Å². The number of hydrogen-bond donors (Lipinski definition) is 1. The van der Waals surface area contributed by atoms with E-state index in [2.05, 4.69) is 14.9 Å². The minimum absolute atomic E-state index is 0.183. The number of aromatic nitrogens is 3. The molecule has 182 valence electrons. The molecule has 5 rings (SSSR count). The Kier molecular flexibility index (Phi) is 7.00. The van der Waals surface area contributed by atoms with Crippen LogP contribution in [0.2, 0.25) is 0 Å². The van der Waals surface area contributed by atoms with Crippen LogP contribution in [0.3, 0.4) is 0 Å². The molecule has 14 heteroatoms. The number of carboxylic acid groups (broad SMARTS) is 1. The molecule has 9 nitrogen and oxygen atoms in total. The molecule has 2 saturated heterocycles. The number of anilines is 1. The molecule has 1 unspecified atom stereocenters. The fraction of sp³-hybridized carbons (Fsp3) is 0.450. The first-order chi connectivity index (χ1) is 16.2. The first-order valence-electron chi connectivity index (χ1n) is 10.1. The summed E-state index contributed by atoms with van der Waals surface area (Å²) in [6.07, 6.45) is -0.859. The molecule has 3 aromatic rings. The van der Waals surface area contributed by atoms with Crippen molar-refractivity contribution in [3.8, 4) is 0 Å². The molecule has 2 aliphatic rings. The van der Waals surface area contributed by atoms with Gasteiger partial charge in [0.1, 0.15) is 0 Å². The van der Waals surface area contributed by atoms with Gasteiger partial charge in [-0.15, -0.1) is 22.7 Å². The van der Waals surface area contributed by atoms with Gasteiger partial charge in [-0.3, -0.25) is 9.78 Å². The van der Waals surface area contributed by atoms with Crippen molar-refractivity contribution in [2.75, 3.05) is 37.7 Å². The second-order valence-electron chi connectivity index (χ2n) is 8.01. The smallest absolute Gasteiger partial charge is 0.475 e. The summed E-state index contributed by atoms with van der Waals surface area (Å²) in [4.78, 5) is 40.2. The van der Waals surface area contributed by atoms with Crippen molar-refractivity contribution in [2.24, 2.45) is 5.41 Å². The number of thiazole rings is 1. The zero-order valence-corrected chi connectivity index (χ0v) is 19.3. The molecule has 0 aliphatic carbocycles. The second-order valence-corrected chi connectivity index (χ2v) is 9.93. The Morgan fingerprint density at radius 3 is 2.76 bits per heavy atom. The van der Waals surface area contributed by atoms with Gasteiger partial charge in [-0.1, -0.05) is 0 Å². The average molecular weight is 516 g/mol. The molecule has 1 spiro atoms.